The SMILES string of the molecule is C/C=C\C1=C(/C=C\C(C)C)C(=N/Nc2ccc3ccccc3c2O)/C(=O)N1. The van der Waals surface area contributed by atoms with E-state index >= 15 is 0 Å². The Morgan fingerprint density at radius 3 is 2.67 bits per heavy atom. The largest absolute Gasteiger partial charge is 0.505 e. The molecule has 138 valence electrons. The average molecular weight is 361 g/mol. The van der Waals surface area contributed by atoms with E-state index in [1.807, 2.05) is 61.6 Å². The summed E-state index contributed by atoms with van der Waals surface area (Å²) < 4.78 is 0. The fourth-order valence-electron chi connectivity index (χ4n) is 2.83. The zero-order valence-corrected chi connectivity index (χ0v) is 15.7. The van der Waals surface area contributed by atoms with Gasteiger partial charge in [0, 0.05) is 11.0 Å². The van der Waals surface area contributed by atoms with Crippen LogP contribution in [-0.4, -0.2) is 16.7 Å². The molecule has 0 spiro atoms. The van der Waals surface area contributed by atoms with Crippen LogP contribution in [0.25, 0.3) is 10.8 Å². The molecule has 3 N–H and O–H groups in total. The van der Waals surface area contributed by atoms with Gasteiger partial charge >= 0.3 is 0 Å². The van der Waals surface area contributed by atoms with Crippen LogP contribution in [0, 0.1) is 5.92 Å². The summed E-state index contributed by atoms with van der Waals surface area (Å²) >= 11 is 0. The Kier molecular flexibility index (Phi) is 5.41. The van der Waals surface area contributed by atoms with Gasteiger partial charge in [0.25, 0.3) is 5.91 Å². The quantitative estimate of drug-likeness (QED) is 0.543. The lowest BCUT2D eigenvalue weighted by Gasteiger charge is -2.08. The summed E-state index contributed by atoms with van der Waals surface area (Å²) in [5.74, 6) is 0.172. The summed E-state index contributed by atoms with van der Waals surface area (Å²) in [6, 6.07) is 11.2. The smallest absolute Gasteiger partial charge is 0.276 e. The van der Waals surface area contributed by atoms with E-state index in [0.29, 0.717) is 17.3 Å². The molecule has 2 aromatic carbocycles. The first-order chi connectivity index (χ1) is 13.0. The average Bonchev–Trinajstić information content (AvgIpc) is 2.94. The molecule has 1 aliphatic heterocycles. The lowest BCUT2D eigenvalue weighted by Crippen LogP contribution is -2.22. The van der Waals surface area contributed by atoms with Gasteiger partial charge in [-0.1, -0.05) is 62.4 Å². The van der Waals surface area contributed by atoms with Gasteiger partial charge in [-0.05, 0) is 30.4 Å². The third kappa shape index (κ3) is 3.92. The number of carbonyl (C=O) groups excluding carboxylic acids is 1. The maximum atomic E-state index is 12.4. The normalized spacial score (nSPS) is 16.4. The molecule has 0 fully saturated rings. The number of phenols is 1. The van der Waals surface area contributed by atoms with Crippen molar-refractivity contribution in [2.75, 3.05) is 5.43 Å². The molecule has 0 saturated carbocycles. The number of carbonyl (C=O) groups is 1. The molecule has 0 radical (unpaired) electrons. The van der Waals surface area contributed by atoms with Crippen LogP contribution in [0.5, 0.6) is 5.75 Å². The number of nitrogens with zero attached hydrogens (tertiary/aromatic N) is 1. The minimum Gasteiger partial charge on any atom is -0.505 e. The van der Waals surface area contributed by atoms with E-state index in [9.17, 15) is 9.90 Å². The fraction of sp³-hybridized carbons (Fsp3) is 0.182. The summed E-state index contributed by atoms with van der Waals surface area (Å²) in [7, 11) is 0. The summed E-state index contributed by atoms with van der Waals surface area (Å²) in [5.41, 5.74) is 5.01. The second kappa shape index (κ2) is 7.91. The molecule has 0 bridgehead atoms. The van der Waals surface area contributed by atoms with Crippen molar-refractivity contribution in [2.24, 2.45) is 11.0 Å². The number of hydrogen-bond donors (Lipinski definition) is 3. The molecule has 0 saturated heterocycles. The van der Waals surface area contributed by atoms with Crippen molar-refractivity contribution in [1.82, 2.24) is 5.32 Å². The van der Waals surface area contributed by atoms with Crippen molar-refractivity contribution in [1.29, 1.82) is 0 Å². The van der Waals surface area contributed by atoms with Crippen molar-refractivity contribution < 1.29 is 9.90 Å². The topological polar surface area (TPSA) is 73.7 Å². The van der Waals surface area contributed by atoms with Gasteiger partial charge < -0.3 is 10.4 Å². The van der Waals surface area contributed by atoms with Crippen LogP contribution in [0.4, 0.5) is 5.69 Å². The Balaban J connectivity index is 1.97. The molecule has 1 heterocycles. The van der Waals surface area contributed by atoms with Crippen molar-refractivity contribution >= 4 is 28.1 Å². The number of anilines is 1. The van der Waals surface area contributed by atoms with E-state index < -0.39 is 0 Å². The number of fused-ring (bicyclic) bond motifs is 1. The minimum absolute atomic E-state index is 0.104. The molecule has 1 amide bonds. The number of benzene rings is 2. The Morgan fingerprint density at radius 2 is 1.93 bits per heavy atom. The first-order valence-electron chi connectivity index (χ1n) is 8.92. The molecule has 1 aliphatic rings. The number of hydrazone groups is 1. The van der Waals surface area contributed by atoms with Crippen LogP contribution < -0.4 is 10.7 Å². The van der Waals surface area contributed by atoms with Crippen molar-refractivity contribution in [3.63, 3.8) is 0 Å². The monoisotopic (exact) mass is 361 g/mol. The van der Waals surface area contributed by atoms with E-state index in [1.54, 1.807) is 6.07 Å². The van der Waals surface area contributed by atoms with E-state index in [2.05, 4.69) is 29.7 Å². The lowest BCUT2D eigenvalue weighted by molar-refractivity contribution is -0.113. The third-order valence-electron chi connectivity index (χ3n) is 4.18. The predicted molar refractivity (Wildman–Crippen MR) is 111 cm³/mol. The zero-order valence-electron chi connectivity index (χ0n) is 15.7. The van der Waals surface area contributed by atoms with Gasteiger partial charge in [0.1, 0.15) is 5.75 Å². The van der Waals surface area contributed by atoms with Crippen LogP contribution >= 0.6 is 0 Å². The van der Waals surface area contributed by atoms with Gasteiger partial charge in [0.05, 0.1) is 11.4 Å². The zero-order chi connectivity index (χ0) is 19.4. The fourth-order valence-corrected chi connectivity index (χ4v) is 2.83. The number of phenolic OH excluding ortho intramolecular Hbond substituents is 1. The maximum Gasteiger partial charge on any atom is 0.276 e. The number of rotatable bonds is 5. The summed E-state index contributed by atoms with van der Waals surface area (Å²) in [6.07, 6.45) is 7.62. The second-order valence-corrected chi connectivity index (χ2v) is 6.64. The van der Waals surface area contributed by atoms with Crippen molar-refractivity contribution in [3.05, 3.63) is 72.0 Å². The predicted octanol–water partition coefficient (Wildman–Crippen LogP) is 4.49. The Bertz CT molecular complexity index is 998. The molecule has 3 rings (SSSR count). The molecule has 27 heavy (non-hydrogen) atoms. The van der Waals surface area contributed by atoms with Crippen LogP contribution in [0.2, 0.25) is 0 Å². The minimum atomic E-state index is -0.278. The molecule has 5 heteroatoms. The van der Waals surface area contributed by atoms with Crippen molar-refractivity contribution in [2.45, 2.75) is 20.8 Å². The van der Waals surface area contributed by atoms with Gasteiger partial charge in [-0.25, -0.2) is 0 Å². The van der Waals surface area contributed by atoms with Crippen LogP contribution in [-0.2, 0) is 4.79 Å². The second-order valence-electron chi connectivity index (χ2n) is 6.64. The van der Waals surface area contributed by atoms with Gasteiger partial charge in [0.2, 0.25) is 0 Å². The Morgan fingerprint density at radius 1 is 1.15 bits per heavy atom. The van der Waals surface area contributed by atoms with E-state index in [-0.39, 0.29) is 17.4 Å². The Hall–Kier alpha value is -3.34. The van der Waals surface area contributed by atoms with Crippen molar-refractivity contribution in [3.8, 4) is 5.75 Å². The standard InChI is InChI=1S/C22H23N3O2/c1-4-7-18-17(12-10-14(2)3)20(22(27)23-18)25-24-19-13-11-15-8-5-6-9-16(15)21(19)26/h4-14,24,26H,1-3H3,(H,23,25,27)/b7-4-,12-10-. The number of nitrogens with one attached hydrogen (secondary N) is 2. The first-order valence-corrected chi connectivity index (χ1v) is 8.92. The molecule has 0 atom stereocenters. The molecule has 5 nitrogen and oxygen atoms in total. The summed E-state index contributed by atoms with van der Waals surface area (Å²) in [4.78, 5) is 12.4. The molecular formula is C22H23N3O2. The summed E-state index contributed by atoms with van der Waals surface area (Å²) in [5, 5.41) is 19.3. The highest BCUT2D eigenvalue weighted by Crippen LogP contribution is 2.32. The number of allylic oxidation sites excluding steroid dienone is 4. The van der Waals surface area contributed by atoms with E-state index in [0.717, 1.165) is 16.3 Å². The summed E-state index contributed by atoms with van der Waals surface area (Å²) in [6.45, 7) is 6.03. The van der Waals surface area contributed by atoms with E-state index in [1.165, 1.54) is 0 Å². The molecule has 0 aliphatic carbocycles. The Labute approximate surface area is 158 Å². The van der Waals surface area contributed by atoms with Crippen LogP contribution in [0.3, 0.4) is 0 Å². The van der Waals surface area contributed by atoms with Gasteiger partial charge in [-0.2, -0.15) is 5.10 Å². The first kappa shape index (κ1) is 18.5. The lowest BCUT2D eigenvalue weighted by atomic mass is 10.1. The molecule has 2 aromatic rings. The van der Waals surface area contributed by atoms with Gasteiger partial charge in [-0.3, -0.25) is 10.2 Å². The number of amides is 1. The highest BCUT2D eigenvalue weighted by Gasteiger charge is 2.26. The van der Waals surface area contributed by atoms with Crippen LogP contribution in [0.1, 0.15) is 20.8 Å². The van der Waals surface area contributed by atoms with Crippen LogP contribution in [0.15, 0.2) is 77.1 Å². The number of hydrogen-bond acceptors (Lipinski definition) is 4. The molecule has 0 aromatic heterocycles. The highest BCUT2D eigenvalue weighted by atomic mass is 16.3. The molecule has 0 unspecified atom stereocenters. The van der Waals surface area contributed by atoms with Gasteiger partial charge in [0.15, 0.2) is 5.71 Å². The maximum absolute atomic E-state index is 12.4. The third-order valence-corrected chi connectivity index (χ3v) is 4.18. The van der Waals surface area contributed by atoms with Gasteiger partial charge in [-0.15, -0.1) is 0 Å². The highest BCUT2D eigenvalue weighted by molar-refractivity contribution is 6.49. The van der Waals surface area contributed by atoms with E-state index in [4.69, 9.17) is 0 Å². The number of aromatic hydroxyl groups is 1. The molecular weight excluding hydrogens is 338 g/mol.